The van der Waals surface area contributed by atoms with Crippen LogP contribution in [0.4, 0.5) is 0 Å². The molecule has 15 heavy (non-hydrogen) atoms. The van der Waals surface area contributed by atoms with Crippen molar-refractivity contribution in [3.8, 4) is 0 Å². The van der Waals surface area contributed by atoms with Crippen molar-refractivity contribution in [2.45, 2.75) is 5.92 Å². The minimum Gasteiger partial charge on any atom is -0.469 e. The maximum Gasteiger partial charge on any atom is 0.310 e. The highest BCUT2D eigenvalue weighted by atomic mass is 35.5. The standard InChI is InChI=1S/C10H12ClNO3/c1-14-10(13)7-5-12-4-6(7)8-2-3-9(11)15-8/h2-3,6-7,12H,4-5H2,1H3. The fraction of sp³-hybridized carbons (Fsp3) is 0.500. The van der Waals surface area contributed by atoms with Gasteiger partial charge in [-0.15, -0.1) is 0 Å². The summed E-state index contributed by atoms with van der Waals surface area (Å²) in [5, 5.41) is 3.49. The van der Waals surface area contributed by atoms with Crippen molar-refractivity contribution in [2.24, 2.45) is 5.92 Å². The summed E-state index contributed by atoms with van der Waals surface area (Å²) in [6, 6.07) is 3.49. The van der Waals surface area contributed by atoms with Crippen molar-refractivity contribution in [3.63, 3.8) is 0 Å². The monoisotopic (exact) mass is 229 g/mol. The minimum absolute atomic E-state index is 0.0185. The Balaban J connectivity index is 2.18. The minimum atomic E-state index is -0.211. The lowest BCUT2D eigenvalue weighted by Gasteiger charge is -2.13. The molecule has 1 saturated heterocycles. The molecule has 0 radical (unpaired) electrons. The zero-order chi connectivity index (χ0) is 10.8. The number of methoxy groups -OCH3 is 1. The van der Waals surface area contributed by atoms with E-state index in [1.165, 1.54) is 7.11 Å². The molecule has 2 atom stereocenters. The molecule has 2 heterocycles. The number of nitrogens with one attached hydrogen (secondary N) is 1. The number of furan rings is 1. The molecule has 1 aliphatic rings. The predicted octanol–water partition coefficient (Wildman–Crippen LogP) is 1.41. The van der Waals surface area contributed by atoms with Gasteiger partial charge in [0.05, 0.1) is 13.0 Å². The Morgan fingerprint density at radius 3 is 3.00 bits per heavy atom. The molecule has 1 aromatic rings. The molecular weight excluding hydrogens is 218 g/mol. The second kappa shape index (κ2) is 4.24. The van der Waals surface area contributed by atoms with E-state index in [0.717, 1.165) is 5.76 Å². The first-order valence-electron chi connectivity index (χ1n) is 4.76. The molecule has 0 bridgehead atoms. The van der Waals surface area contributed by atoms with Crippen molar-refractivity contribution < 1.29 is 13.9 Å². The summed E-state index contributed by atoms with van der Waals surface area (Å²) in [7, 11) is 1.40. The highest BCUT2D eigenvalue weighted by molar-refractivity contribution is 6.28. The van der Waals surface area contributed by atoms with Crippen LogP contribution in [0, 0.1) is 5.92 Å². The third-order valence-electron chi connectivity index (χ3n) is 2.68. The van der Waals surface area contributed by atoms with E-state index in [9.17, 15) is 4.79 Å². The molecule has 0 aromatic carbocycles. The molecule has 2 rings (SSSR count). The van der Waals surface area contributed by atoms with Gasteiger partial charge in [0.2, 0.25) is 0 Å². The van der Waals surface area contributed by atoms with Gasteiger partial charge < -0.3 is 14.5 Å². The van der Waals surface area contributed by atoms with Crippen LogP contribution in [0.5, 0.6) is 0 Å². The van der Waals surface area contributed by atoms with E-state index < -0.39 is 0 Å². The first-order valence-corrected chi connectivity index (χ1v) is 5.14. The molecule has 1 N–H and O–H groups in total. The van der Waals surface area contributed by atoms with Crippen molar-refractivity contribution in [3.05, 3.63) is 23.1 Å². The number of esters is 1. The van der Waals surface area contributed by atoms with E-state index in [2.05, 4.69) is 5.32 Å². The summed E-state index contributed by atoms with van der Waals surface area (Å²) >= 11 is 5.70. The third kappa shape index (κ3) is 2.01. The average Bonchev–Trinajstić information content (AvgIpc) is 2.84. The Labute approximate surface area is 92.5 Å². The smallest absolute Gasteiger partial charge is 0.310 e. The van der Waals surface area contributed by atoms with Crippen molar-refractivity contribution in [2.75, 3.05) is 20.2 Å². The Morgan fingerprint density at radius 1 is 1.60 bits per heavy atom. The number of carbonyl (C=O) groups is 1. The van der Waals surface area contributed by atoms with Crippen LogP contribution >= 0.6 is 11.6 Å². The van der Waals surface area contributed by atoms with Gasteiger partial charge in [-0.3, -0.25) is 4.79 Å². The molecule has 1 aromatic heterocycles. The fourth-order valence-electron chi connectivity index (χ4n) is 1.90. The van der Waals surface area contributed by atoms with Crippen LogP contribution < -0.4 is 5.32 Å². The van der Waals surface area contributed by atoms with Crippen LogP contribution in [-0.2, 0) is 9.53 Å². The fourth-order valence-corrected chi connectivity index (χ4v) is 2.06. The molecule has 1 fully saturated rings. The summed E-state index contributed by atoms with van der Waals surface area (Å²) in [6.07, 6.45) is 0. The Hall–Kier alpha value is -1.00. The Kier molecular flexibility index (Phi) is 2.98. The number of hydrogen-bond acceptors (Lipinski definition) is 4. The van der Waals surface area contributed by atoms with E-state index in [1.54, 1.807) is 12.1 Å². The molecule has 0 spiro atoms. The lowest BCUT2D eigenvalue weighted by atomic mass is 9.94. The van der Waals surface area contributed by atoms with Gasteiger partial charge in [-0.05, 0) is 23.7 Å². The van der Waals surface area contributed by atoms with E-state index in [1.807, 2.05) is 0 Å². The quantitative estimate of drug-likeness (QED) is 0.780. The van der Waals surface area contributed by atoms with Crippen molar-refractivity contribution in [1.82, 2.24) is 5.32 Å². The number of rotatable bonds is 2. The van der Waals surface area contributed by atoms with Gasteiger partial charge in [0.15, 0.2) is 5.22 Å². The van der Waals surface area contributed by atoms with Crippen LogP contribution in [0.25, 0.3) is 0 Å². The molecule has 82 valence electrons. The second-order valence-electron chi connectivity index (χ2n) is 3.54. The van der Waals surface area contributed by atoms with Crippen molar-refractivity contribution in [1.29, 1.82) is 0 Å². The highest BCUT2D eigenvalue weighted by Crippen LogP contribution is 2.31. The SMILES string of the molecule is COC(=O)C1CNCC1c1ccc(Cl)o1. The van der Waals surface area contributed by atoms with Crippen LogP contribution in [0.15, 0.2) is 16.5 Å². The van der Waals surface area contributed by atoms with Gasteiger partial charge in [-0.2, -0.15) is 0 Å². The normalized spacial score (nSPS) is 25.5. The zero-order valence-corrected chi connectivity index (χ0v) is 9.08. The number of hydrogen-bond donors (Lipinski definition) is 1. The van der Waals surface area contributed by atoms with E-state index in [0.29, 0.717) is 18.3 Å². The van der Waals surface area contributed by atoms with Crippen LogP contribution in [0.2, 0.25) is 5.22 Å². The maximum atomic E-state index is 11.5. The van der Waals surface area contributed by atoms with Gasteiger partial charge >= 0.3 is 5.97 Å². The molecule has 0 aliphatic carbocycles. The third-order valence-corrected chi connectivity index (χ3v) is 2.88. The first kappa shape index (κ1) is 10.5. The van der Waals surface area contributed by atoms with E-state index in [4.69, 9.17) is 20.8 Å². The van der Waals surface area contributed by atoms with Crippen LogP contribution in [0.1, 0.15) is 11.7 Å². The van der Waals surface area contributed by atoms with Gasteiger partial charge in [0, 0.05) is 19.0 Å². The molecule has 0 amide bonds. The molecule has 5 heteroatoms. The summed E-state index contributed by atoms with van der Waals surface area (Å²) in [4.78, 5) is 11.5. The predicted molar refractivity (Wildman–Crippen MR) is 54.8 cm³/mol. The lowest BCUT2D eigenvalue weighted by molar-refractivity contribution is -0.145. The molecule has 0 saturated carbocycles. The summed E-state index contributed by atoms with van der Waals surface area (Å²) in [6.45, 7) is 1.33. The van der Waals surface area contributed by atoms with Gasteiger partial charge in [-0.1, -0.05) is 0 Å². The number of ether oxygens (including phenoxy) is 1. The van der Waals surface area contributed by atoms with Gasteiger partial charge in [0.25, 0.3) is 0 Å². The summed E-state index contributed by atoms with van der Waals surface area (Å²) in [5.41, 5.74) is 0. The largest absolute Gasteiger partial charge is 0.469 e. The second-order valence-corrected chi connectivity index (χ2v) is 3.91. The van der Waals surface area contributed by atoms with E-state index >= 15 is 0 Å². The Morgan fingerprint density at radius 2 is 2.40 bits per heavy atom. The number of carbonyl (C=O) groups excluding carboxylic acids is 1. The van der Waals surface area contributed by atoms with Gasteiger partial charge in [-0.25, -0.2) is 0 Å². The molecule has 4 nitrogen and oxygen atoms in total. The topological polar surface area (TPSA) is 51.5 Å². The average molecular weight is 230 g/mol. The summed E-state index contributed by atoms with van der Waals surface area (Å²) < 4.78 is 10.0. The number of halogens is 1. The lowest BCUT2D eigenvalue weighted by Crippen LogP contribution is -2.22. The van der Waals surface area contributed by atoms with Crippen LogP contribution in [-0.4, -0.2) is 26.2 Å². The molecular formula is C10H12ClNO3. The van der Waals surface area contributed by atoms with Crippen LogP contribution in [0.3, 0.4) is 0 Å². The zero-order valence-electron chi connectivity index (χ0n) is 8.33. The first-order chi connectivity index (χ1) is 7.22. The maximum absolute atomic E-state index is 11.5. The van der Waals surface area contributed by atoms with Crippen molar-refractivity contribution >= 4 is 17.6 Å². The molecule has 2 unspecified atom stereocenters. The van der Waals surface area contributed by atoms with E-state index in [-0.39, 0.29) is 17.8 Å². The highest BCUT2D eigenvalue weighted by Gasteiger charge is 2.36. The van der Waals surface area contributed by atoms with Gasteiger partial charge in [0.1, 0.15) is 5.76 Å². The summed E-state index contributed by atoms with van der Waals surface area (Å²) in [5.74, 6) is 0.361. The molecule has 1 aliphatic heterocycles. The Bertz CT molecular complexity index is 363.